The second-order valence-electron chi connectivity index (χ2n) is 6.35. The van der Waals surface area contributed by atoms with Crippen LogP contribution in [0.5, 0.6) is 0 Å². The van der Waals surface area contributed by atoms with Gasteiger partial charge in [-0.1, -0.05) is 6.92 Å². The summed E-state index contributed by atoms with van der Waals surface area (Å²) < 4.78 is 5.61. The Labute approximate surface area is 121 Å². The molecule has 0 saturated heterocycles. The van der Waals surface area contributed by atoms with E-state index in [4.69, 9.17) is 10.5 Å². The van der Waals surface area contributed by atoms with Crippen molar-refractivity contribution >= 4 is 11.4 Å². The first kappa shape index (κ1) is 15.1. The first-order valence-corrected chi connectivity index (χ1v) is 7.24. The first-order valence-electron chi connectivity index (χ1n) is 7.24. The number of aliphatic hydroxyl groups is 1. The summed E-state index contributed by atoms with van der Waals surface area (Å²) in [7, 11) is 0. The number of benzene rings is 1. The van der Waals surface area contributed by atoms with Crippen LogP contribution in [0.25, 0.3) is 0 Å². The Bertz CT molecular complexity index is 485. The zero-order valence-corrected chi connectivity index (χ0v) is 13.1. The van der Waals surface area contributed by atoms with Crippen LogP contribution in [0.4, 0.5) is 11.4 Å². The molecule has 0 aliphatic carbocycles. The van der Waals surface area contributed by atoms with Crippen molar-refractivity contribution in [3.63, 3.8) is 0 Å². The van der Waals surface area contributed by atoms with E-state index in [2.05, 4.69) is 31.7 Å². The summed E-state index contributed by atoms with van der Waals surface area (Å²) in [6.45, 7) is 10.3. The summed E-state index contributed by atoms with van der Waals surface area (Å²) >= 11 is 0. The molecular weight excluding hydrogens is 252 g/mol. The van der Waals surface area contributed by atoms with Crippen LogP contribution < -0.4 is 10.6 Å². The van der Waals surface area contributed by atoms with Crippen molar-refractivity contribution in [2.24, 2.45) is 5.92 Å². The topological polar surface area (TPSA) is 58.7 Å². The Morgan fingerprint density at radius 1 is 1.40 bits per heavy atom. The lowest BCUT2D eigenvalue weighted by atomic mass is 9.78. The van der Waals surface area contributed by atoms with E-state index in [-0.39, 0.29) is 11.8 Å². The van der Waals surface area contributed by atoms with Crippen LogP contribution in [0.1, 0.15) is 40.2 Å². The number of anilines is 2. The van der Waals surface area contributed by atoms with E-state index >= 15 is 0 Å². The fraction of sp³-hybridized carbons (Fsp3) is 0.625. The number of nitrogens with two attached hydrogens (primary N) is 1. The lowest BCUT2D eigenvalue weighted by Gasteiger charge is -2.51. The molecule has 0 spiro atoms. The van der Waals surface area contributed by atoms with Crippen molar-refractivity contribution in [3.8, 4) is 0 Å². The highest BCUT2D eigenvalue weighted by atomic mass is 16.6. The minimum Gasteiger partial charge on any atom is -0.399 e. The second kappa shape index (κ2) is 5.26. The average molecular weight is 278 g/mol. The Morgan fingerprint density at radius 2 is 2.05 bits per heavy atom. The van der Waals surface area contributed by atoms with Gasteiger partial charge in [-0.2, -0.15) is 0 Å². The van der Waals surface area contributed by atoms with Crippen molar-refractivity contribution in [3.05, 3.63) is 23.8 Å². The molecule has 0 saturated carbocycles. The van der Waals surface area contributed by atoms with Gasteiger partial charge in [0.1, 0.15) is 6.23 Å². The van der Waals surface area contributed by atoms with Gasteiger partial charge in [0, 0.05) is 16.9 Å². The van der Waals surface area contributed by atoms with Gasteiger partial charge in [0.05, 0.1) is 0 Å². The number of nitrogen functional groups attached to an aromatic ring is 1. The van der Waals surface area contributed by atoms with E-state index in [1.54, 1.807) is 6.92 Å². The molecule has 1 aromatic carbocycles. The summed E-state index contributed by atoms with van der Waals surface area (Å²) in [5, 5.41) is 9.51. The first-order chi connectivity index (χ1) is 9.23. The van der Waals surface area contributed by atoms with Gasteiger partial charge in [0.25, 0.3) is 0 Å². The van der Waals surface area contributed by atoms with Crippen LogP contribution in [0.15, 0.2) is 18.2 Å². The molecule has 0 amide bonds. The standard InChI is InChI=1S/C16H26N2O2/c1-10-8-13-9-14(17)6-7-15(13)18(16(10,4)5)11(2)20-12(3)19/h6-7,9-12,19H,8,17H2,1-5H3. The lowest BCUT2D eigenvalue weighted by molar-refractivity contribution is -0.124. The highest BCUT2D eigenvalue weighted by molar-refractivity contribution is 5.63. The van der Waals surface area contributed by atoms with E-state index in [0.717, 1.165) is 17.8 Å². The maximum Gasteiger partial charge on any atom is 0.154 e. The van der Waals surface area contributed by atoms with Crippen molar-refractivity contribution in [1.82, 2.24) is 0 Å². The minimum absolute atomic E-state index is 0.0442. The summed E-state index contributed by atoms with van der Waals surface area (Å²) in [6, 6.07) is 6.02. The number of hydrogen-bond acceptors (Lipinski definition) is 4. The van der Waals surface area contributed by atoms with Crippen molar-refractivity contribution in [2.75, 3.05) is 10.6 Å². The molecule has 0 aromatic heterocycles. The van der Waals surface area contributed by atoms with Crippen molar-refractivity contribution in [2.45, 2.75) is 59.1 Å². The van der Waals surface area contributed by atoms with Crippen LogP contribution in [0, 0.1) is 5.92 Å². The van der Waals surface area contributed by atoms with E-state index in [1.165, 1.54) is 5.56 Å². The van der Waals surface area contributed by atoms with Crippen LogP contribution in [-0.2, 0) is 11.2 Å². The van der Waals surface area contributed by atoms with Crippen molar-refractivity contribution in [1.29, 1.82) is 0 Å². The molecule has 1 aromatic rings. The Kier molecular flexibility index (Phi) is 3.98. The molecule has 20 heavy (non-hydrogen) atoms. The third kappa shape index (κ3) is 2.63. The predicted octanol–water partition coefficient (Wildman–Crippen LogP) is 2.75. The number of aliphatic hydroxyl groups excluding tert-OH is 1. The quantitative estimate of drug-likeness (QED) is 0.659. The summed E-state index contributed by atoms with van der Waals surface area (Å²) in [6.07, 6.45) is 0.0241. The molecule has 2 rings (SSSR count). The Hall–Kier alpha value is -1.26. The van der Waals surface area contributed by atoms with Gasteiger partial charge in [-0.3, -0.25) is 0 Å². The summed E-state index contributed by atoms with van der Waals surface area (Å²) in [5.41, 5.74) is 9.05. The SMILES string of the molecule is CC(O)OC(C)N1c2ccc(N)cc2CC(C)C1(C)C. The number of rotatable bonds is 3. The van der Waals surface area contributed by atoms with Gasteiger partial charge in [-0.05, 0) is 63.8 Å². The van der Waals surface area contributed by atoms with Crippen LogP contribution >= 0.6 is 0 Å². The molecule has 0 bridgehead atoms. The van der Waals surface area contributed by atoms with E-state index < -0.39 is 6.29 Å². The van der Waals surface area contributed by atoms with E-state index in [0.29, 0.717) is 5.92 Å². The number of ether oxygens (including phenoxy) is 1. The largest absolute Gasteiger partial charge is 0.399 e. The highest BCUT2D eigenvalue weighted by Crippen LogP contribution is 2.42. The highest BCUT2D eigenvalue weighted by Gasteiger charge is 2.41. The summed E-state index contributed by atoms with van der Waals surface area (Å²) in [5.74, 6) is 0.469. The Balaban J connectivity index is 2.45. The summed E-state index contributed by atoms with van der Waals surface area (Å²) in [4.78, 5) is 2.25. The van der Waals surface area contributed by atoms with E-state index in [1.807, 2.05) is 19.1 Å². The number of fused-ring (bicyclic) bond motifs is 1. The zero-order valence-electron chi connectivity index (χ0n) is 13.1. The third-order valence-corrected chi connectivity index (χ3v) is 4.47. The molecule has 1 aliphatic rings. The van der Waals surface area contributed by atoms with Crippen LogP contribution in [-0.4, -0.2) is 23.2 Å². The fourth-order valence-corrected chi connectivity index (χ4v) is 3.14. The van der Waals surface area contributed by atoms with Gasteiger partial charge in [0.2, 0.25) is 0 Å². The monoisotopic (exact) mass is 278 g/mol. The van der Waals surface area contributed by atoms with Crippen LogP contribution in [0.2, 0.25) is 0 Å². The fourth-order valence-electron chi connectivity index (χ4n) is 3.14. The normalized spacial score (nSPS) is 24.1. The van der Waals surface area contributed by atoms with Gasteiger partial charge in [-0.25, -0.2) is 0 Å². The molecule has 3 N–H and O–H groups in total. The van der Waals surface area contributed by atoms with Crippen LogP contribution in [0.3, 0.4) is 0 Å². The molecule has 112 valence electrons. The Morgan fingerprint density at radius 3 is 2.65 bits per heavy atom. The maximum atomic E-state index is 9.51. The van der Waals surface area contributed by atoms with Gasteiger partial charge >= 0.3 is 0 Å². The minimum atomic E-state index is -0.782. The smallest absolute Gasteiger partial charge is 0.154 e. The molecule has 4 heteroatoms. The van der Waals surface area contributed by atoms with Gasteiger partial charge in [0.15, 0.2) is 6.29 Å². The third-order valence-electron chi connectivity index (χ3n) is 4.47. The average Bonchev–Trinajstić information content (AvgIpc) is 2.29. The molecule has 1 heterocycles. The van der Waals surface area contributed by atoms with Crippen molar-refractivity contribution < 1.29 is 9.84 Å². The number of nitrogens with zero attached hydrogens (tertiary/aromatic N) is 1. The van der Waals surface area contributed by atoms with E-state index in [9.17, 15) is 5.11 Å². The molecule has 0 radical (unpaired) electrons. The molecular formula is C16H26N2O2. The van der Waals surface area contributed by atoms with Gasteiger partial charge < -0.3 is 20.5 Å². The van der Waals surface area contributed by atoms with Gasteiger partial charge in [-0.15, -0.1) is 0 Å². The lowest BCUT2D eigenvalue weighted by Crippen LogP contribution is -2.57. The predicted molar refractivity (Wildman–Crippen MR) is 82.5 cm³/mol. The zero-order chi connectivity index (χ0) is 15.1. The number of hydrogen-bond donors (Lipinski definition) is 2. The maximum absolute atomic E-state index is 9.51. The molecule has 1 aliphatic heterocycles. The molecule has 3 unspecified atom stereocenters. The molecule has 4 nitrogen and oxygen atoms in total. The molecule has 3 atom stereocenters. The molecule has 0 fully saturated rings. The second-order valence-corrected chi connectivity index (χ2v) is 6.35.